The number of hydrogen-bond donors (Lipinski definition) is 3. The van der Waals surface area contributed by atoms with E-state index in [1.807, 2.05) is 0 Å². The molecule has 0 saturated carbocycles. The molecule has 2 aliphatic rings. The SMILES string of the molecule is CCc1nc(NC(C)(C)CC(C)(C)C)nc(C(CCCCCCCCC(CC)C2CC(C)(C)NC(C)(C)C2)C2CC(C)(C)NC(C)(C)C2)n1. The average Bonchev–Trinajstić information content (AvgIpc) is 2.88. The van der Waals surface area contributed by atoms with Crippen LogP contribution in [0.5, 0.6) is 0 Å². The molecule has 3 rings (SSSR count). The van der Waals surface area contributed by atoms with Gasteiger partial charge in [-0.25, -0.2) is 4.98 Å². The van der Waals surface area contributed by atoms with Crippen molar-refractivity contribution >= 4 is 5.95 Å². The van der Waals surface area contributed by atoms with Crippen LogP contribution in [0.15, 0.2) is 0 Å². The third kappa shape index (κ3) is 14.3. The molecular weight excluding hydrogens is 601 g/mol. The Labute approximate surface area is 304 Å². The molecule has 0 bridgehead atoms. The fourth-order valence-corrected chi connectivity index (χ4v) is 10.7. The van der Waals surface area contributed by atoms with Crippen LogP contribution in [0.2, 0.25) is 0 Å². The Balaban J connectivity index is 1.64. The van der Waals surface area contributed by atoms with E-state index in [1.54, 1.807) is 0 Å². The quantitative estimate of drug-likeness (QED) is 0.142. The fraction of sp³-hybridized carbons (Fsp3) is 0.930. The third-order valence-corrected chi connectivity index (χ3v) is 11.3. The van der Waals surface area contributed by atoms with Crippen molar-refractivity contribution in [1.82, 2.24) is 25.6 Å². The van der Waals surface area contributed by atoms with Crippen LogP contribution >= 0.6 is 0 Å². The molecule has 6 nitrogen and oxygen atoms in total. The minimum Gasteiger partial charge on any atom is -0.349 e. The molecule has 2 unspecified atom stereocenters. The van der Waals surface area contributed by atoms with Crippen molar-refractivity contribution in [1.29, 1.82) is 0 Å². The van der Waals surface area contributed by atoms with Gasteiger partial charge in [0.2, 0.25) is 5.95 Å². The van der Waals surface area contributed by atoms with Crippen molar-refractivity contribution in [2.24, 2.45) is 23.2 Å². The molecule has 0 aliphatic carbocycles. The Morgan fingerprint density at radius 3 is 1.59 bits per heavy atom. The minimum absolute atomic E-state index is 0.0943. The number of piperidine rings is 2. The topological polar surface area (TPSA) is 74.8 Å². The van der Waals surface area contributed by atoms with Crippen LogP contribution in [0.3, 0.4) is 0 Å². The number of aromatic nitrogens is 3. The van der Waals surface area contributed by atoms with Gasteiger partial charge >= 0.3 is 0 Å². The van der Waals surface area contributed by atoms with Gasteiger partial charge in [-0.15, -0.1) is 0 Å². The summed E-state index contributed by atoms with van der Waals surface area (Å²) in [5, 5.41) is 11.6. The van der Waals surface area contributed by atoms with E-state index in [9.17, 15) is 0 Å². The highest BCUT2D eigenvalue weighted by Crippen LogP contribution is 2.43. The maximum atomic E-state index is 5.23. The minimum atomic E-state index is -0.103. The lowest BCUT2D eigenvalue weighted by molar-refractivity contribution is 0.0865. The second-order valence-corrected chi connectivity index (χ2v) is 21.1. The maximum Gasteiger partial charge on any atom is 0.226 e. The van der Waals surface area contributed by atoms with Crippen LogP contribution in [-0.2, 0) is 6.42 Å². The van der Waals surface area contributed by atoms with E-state index in [1.165, 1.54) is 64.2 Å². The summed E-state index contributed by atoms with van der Waals surface area (Å²) in [7, 11) is 0. The Hall–Kier alpha value is -1.27. The van der Waals surface area contributed by atoms with Crippen LogP contribution in [-0.4, -0.2) is 42.6 Å². The summed E-state index contributed by atoms with van der Waals surface area (Å²) in [6, 6.07) is 0. The number of nitrogens with zero attached hydrogens (tertiary/aromatic N) is 3. The second-order valence-electron chi connectivity index (χ2n) is 21.1. The zero-order valence-electron chi connectivity index (χ0n) is 35.3. The summed E-state index contributed by atoms with van der Waals surface area (Å²) < 4.78 is 0. The average molecular weight is 683 g/mol. The molecule has 2 saturated heterocycles. The lowest BCUT2D eigenvalue weighted by atomic mass is 9.69. The number of nitrogens with one attached hydrogen (secondary N) is 3. The van der Waals surface area contributed by atoms with Crippen LogP contribution in [0.25, 0.3) is 0 Å². The number of aryl methyl sites for hydroxylation is 1. The number of anilines is 1. The normalized spacial score (nSPS) is 22.5. The van der Waals surface area contributed by atoms with Crippen LogP contribution in [0.4, 0.5) is 5.95 Å². The summed E-state index contributed by atoms with van der Waals surface area (Å²) in [6.45, 7) is 35.2. The lowest BCUT2D eigenvalue weighted by Crippen LogP contribution is -2.58. The molecule has 0 spiro atoms. The lowest BCUT2D eigenvalue weighted by Gasteiger charge is -2.48. The molecule has 6 heteroatoms. The zero-order valence-corrected chi connectivity index (χ0v) is 35.3. The van der Waals surface area contributed by atoms with Crippen molar-refractivity contribution < 1.29 is 0 Å². The van der Waals surface area contributed by atoms with Gasteiger partial charge in [-0.1, -0.05) is 86.0 Å². The highest BCUT2D eigenvalue weighted by molar-refractivity contribution is 5.30. The standard InChI is InChI=1S/C43H82N6/c1-16-31(32-26-39(6,7)48-40(8,9)27-32)24-22-20-18-19-21-23-25-34(33-28-41(10,11)49-42(12,13)29-33)36-44-35(17-2)45-37(46-36)47-43(14,15)30-38(3,4)5/h31-34,48-49H,16-30H2,1-15H3,(H,44,45,46,47). The molecule has 0 radical (unpaired) electrons. The Bertz CT molecular complexity index is 1130. The predicted octanol–water partition coefficient (Wildman–Crippen LogP) is 11.4. The molecule has 1 aromatic rings. The summed E-state index contributed by atoms with van der Waals surface area (Å²) in [5.41, 5.74) is 0.797. The smallest absolute Gasteiger partial charge is 0.226 e. The predicted molar refractivity (Wildman–Crippen MR) is 212 cm³/mol. The van der Waals surface area contributed by atoms with Crippen molar-refractivity contribution in [3.05, 3.63) is 11.6 Å². The molecule has 3 heterocycles. The van der Waals surface area contributed by atoms with Gasteiger partial charge in [0.1, 0.15) is 11.6 Å². The van der Waals surface area contributed by atoms with Gasteiger partial charge in [-0.05, 0) is 131 Å². The third-order valence-electron chi connectivity index (χ3n) is 11.3. The molecular formula is C43H82N6. The fourth-order valence-electron chi connectivity index (χ4n) is 10.7. The maximum absolute atomic E-state index is 5.23. The first kappa shape index (κ1) is 42.1. The molecule has 0 aromatic carbocycles. The van der Waals surface area contributed by atoms with E-state index >= 15 is 0 Å². The van der Waals surface area contributed by atoms with Gasteiger partial charge in [0, 0.05) is 40.0 Å². The second kappa shape index (κ2) is 16.6. The van der Waals surface area contributed by atoms with E-state index in [2.05, 4.69) is 120 Å². The van der Waals surface area contributed by atoms with Crippen LogP contribution in [0, 0.1) is 23.2 Å². The summed E-state index contributed by atoms with van der Waals surface area (Å²) >= 11 is 0. The van der Waals surface area contributed by atoms with Gasteiger partial charge in [-0.3, -0.25) is 0 Å². The van der Waals surface area contributed by atoms with E-state index < -0.39 is 0 Å². The molecule has 3 N–H and O–H groups in total. The first-order valence-corrected chi connectivity index (χ1v) is 20.5. The summed E-state index contributed by atoms with van der Waals surface area (Å²) in [4.78, 5) is 15.3. The van der Waals surface area contributed by atoms with Crippen molar-refractivity contribution in [2.45, 2.75) is 234 Å². The number of unbranched alkanes of at least 4 members (excludes halogenated alkanes) is 5. The number of hydrogen-bond acceptors (Lipinski definition) is 6. The van der Waals surface area contributed by atoms with E-state index in [0.717, 1.165) is 61.5 Å². The molecule has 49 heavy (non-hydrogen) atoms. The van der Waals surface area contributed by atoms with Crippen molar-refractivity contribution in [2.75, 3.05) is 5.32 Å². The summed E-state index contributed by atoms with van der Waals surface area (Å²) in [5.74, 6) is 5.31. The first-order chi connectivity index (χ1) is 22.4. The van der Waals surface area contributed by atoms with Crippen molar-refractivity contribution in [3.8, 4) is 0 Å². The van der Waals surface area contributed by atoms with E-state index in [4.69, 9.17) is 15.0 Å². The van der Waals surface area contributed by atoms with Gasteiger partial charge in [0.05, 0.1) is 0 Å². The number of rotatable bonds is 17. The van der Waals surface area contributed by atoms with E-state index in [0.29, 0.717) is 11.8 Å². The molecule has 284 valence electrons. The zero-order chi connectivity index (χ0) is 36.9. The highest BCUT2D eigenvalue weighted by Gasteiger charge is 2.42. The molecule has 1 aromatic heterocycles. The first-order valence-electron chi connectivity index (χ1n) is 20.5. The highest BCUT2D eigenvalue weighted by atomic mass is 15.2. The Morgan fingerprint density at radius 2 is 1.12 bits per heavy atom. The molecule has 0 amide bonds. The van der Waals surface area contributed by atoms with Gasteiger partial charge in [0.25, 0.3) is 0 Å². The molecule has 2 atom stereocenters. The van der Waals surface area contributed by atoms with Crippen LogP contribution in [0.1, 0.15) is 211 Å². The van der Waals surface area contributed by atoms with Gasteiger partial charge in [-0.2, -0.15) is 9.97 Å². The Kier molecular flexibility index (Phi) is 14.3. The van der Waals surface area contributed by atoms with Crippen LogP contribution < -0.4 is 16.0 Å². The van der Waals surface area contributed by atoms with Crippen molar-refractivity contribution in [3.63, 3.8) is 0 Å². The molecule has 2 aliphatic heterocycles. The monoisotopic (exact) mass is 683 g/mol. The van der Waals surface area contributed by atoms with Gasteiger partial charge < -0.3 is 16.0 Å². The largest absolute Gasteiger partial charge is 0.349 e. The summed E-state index contributed by atoms with van der Waals surface area (Å²) in [6.07, 6.45) is 18.7. The van der Waals surface area contributed by atoms with Gasteiger partial charge in [0.15, 0.2) is 0 Å². The van der Waals surface area contributed by atoms with E-state index in [-0.39, 0.29) is 33.1 Å². The molecule has 2 fully saturated rings. The Morgan fingerprint density at radius 1 is 0.653 bits per heavy atom.